The zero-order chi connectivity index (χ0) is 20.3. The van der Waals surface area contributed by atoms with Crippen molar-refractivity contribution in [2.45, 2.75) is 25.7 Å². The second-order valence-corrected chi connectivity index (χ2v) is 6.28. The maximum atomic E-state index is 12.6. The van der Waals surface area contributed by atoms with E-state index in [1.807, 2.05) is 19.1 Å². The highest BCUT2D eigenvalue weighted by Crippen LogP contribution is 2.29. The van der Waals surface area contributed by atoms with Crippen LogP contribution in [0.3, 0.4) is 0 Å². The number of anilines is 1. The minimum absolute atomic E-state index is 0.0176. The summed E-state index contributed by atoms with van der Waals surface area (Å²) in [4.78, 5) is 12.2. The summed E-state index contributed by atoms with van der Waals surface area (Å²) in [6.45, 7) is 2.04. The third-order valence-corrected chi connectivity index (χ3v) is 4.06. The molecule has 3 rings (SSSR count). The van der Waals surface area contributed by atoms with E-state index in [4.69, 9.17) is 0 Å². The fourth-order valence-corrected chi connectivity index (χ4v) is 2.50. The molecule has 1 heterocycles. The second-order valence-electron chi connectivity index (χ2n) is 6.28. The highest BCUT2D eigenvalue weighted by molar-refractivity contribution is 6.02. The summed E-state index contributed by atoms with van der Waals surface area (Å²) in [5, 5.41) is 20.3. The normalized spacial score (nSPS) is 12.6. The molecule has 0 fully saturated rings. The number of carbonyl (C=O) groups is 1. The van der Waals surface area contributed by atoms with Gasteiger partial charge in [-0.05, 0) is 36.8 Å². The molecule has 0 aliphatic heterocycles. The van der Waals surface area contributed by atoms with Crippen molar-refractivity contribution < 1.29 is 23.1 Å². The second kappa shape index (κ2) is 7.81. The zero-order valence-corrected chi connectivity index (χ0v) is 14.8. The average molecular weight is 390 g/mol. The molecule has 0 unspecified atom stereocenters. The van der Waals surface area contributed by atoms with Crippen molar-refractivity contribution in [1.29, 1.82) is 0 Å². The number of rotatable bonds is 5. The van der Waals surface area contributed by atoms with Gasteiger partial charge in [0, 0.05) is 5.69 Å². The number of nitrogens with one attached hydrogen (secondary N) is 1. The third kappa shape index (κ3) is 4.74. The Morgan fingerprint density at radius 1 is 1.14 bits per heavy atom. The molecule has 6 nitrogen and oxygen atoms in total. The lowest BCUT2D eigenvalue weighted by molar-refractivity contribution is -0.137. The molecular weight excluding hydrogens is 373 g/mol. The molecule has 1 amide bonds. The van der Waals surface area contributed by atoms with Gasteiger partial charge in [-0.25, -0.2) is 4.68 Å². The Balaban J connectivity index is 1.63. The number of halogens is 3. The van der Waals surface area contributed by atoms with Gasteiger partial charge in [0.2, 0.25) is 0 Å². The molecule has 146 valence electrons. The molecule has 0 saturated carbocycles. The SMILES string of the molecule is Cc1ccc([C@@H](O)Cn2cc(C(=O)Nc3ccc(C(F)(F)F)cc3)nn2)cc1. The molecule has 2 N–H and O–H groups in total. The Morgan fingerprint density at radius 3 is 2.39 bits per heavy atom. The highest BCUT2D eigenvalue weighted by atomic mass is 19.4. The van der Waals surface area contributed by atoms with E-state index < -0.39 is 23.8 Å². The Labute approximate surface area is 158 Å². The number of hydrogen-bond donors (Lipinski definition) is 2. The molecular formula is C19H17F3N4O2. The van der Waals surface area contributed by atoms with Crippen molar-refractivity contribution >= 4 is 11.6 Å². The zero-order valence-electron chi connectivity index (χ0n) is 14.8. The van der Waals surface area contributed by atoms with Gasteiger partial charge in [-0.15, -0.1) is 5.10 Å². The van der Waals surface area contributed by atoms with Crippen LogP contribution < -0.4 is 5.32 Å². The van der Waals surface area contributed by atoms with Crippen LogP contribution in [0.15, 0.2) is 54.7 Å². The number of hydrogen-bond acceptors (Lipinski definition) is 4. The molecule has 28 heavy (non-hydrogen) atoms. The molecule has 0 aliphatic rings. The van der Waals surface area contributed by atoms with Crippen molar-refractivity contribution in [3.63, 3.8) is 0 Å². The summed E-state index contributed by atoms with van der Waals surface area (Å²) in [6.07, 6.45) is -3.91. The Kier molecular flexibility index (Phi) is 5.46. The summed E-state index contributed by atoms with van der Waals surface area (Å²) >= 11 is 0. The van der Waals surface area contributed by atoms with Gasteiger partial charge in [0.15, 0.2) is 5.69 Å². The van der Waals surface area contributed by atoms with Crippen LogP contribution in [0.1, 0.15) is 33.3 Å². The average Bonchev–Trinajstić information content (AvgIpc) is 3.10. The Morgan fingerprint density at radius 2 is 1.79 bits per heavy atom. The number of nitrogens with zero attached hydrogens (tertiary/aromatic N) is 3. The molecule has 0 aliphatic carbocycles. The van der Waals surface area contributed by atoms with E-state index in [9.17, 15) is 23.1 Å². The molecule has 0 radical (unpaired) electrons. The van der Waals surface area contributed by atoms with Gasteiger partial charge >= 0.3 is 6.18 Å². The predicted molar refractivity (Wildman–Crippen MR) is 95.6 cm³/mol. The van der Waals surface area contributed by atoms with Gasteiger partial charge in [-0.3, -0.25) is 4.79 Å². The van der Waals surface area contributed by atoms with E-state index in [1.165, 1.54) is 10.9 Å². The number of aliphatic hydroxyl groups excluding tert-OH is 1. The molecule has 1 atom stereocenters. The largest absolute Gasteiger partial charge is 0.416 e. The van der Waals surface area contributed by atoms with Crippen molar-refractivity contribution in [2.24, 2.45) is 0 Å². The van der Waals surface area contributed by atoms with Crippen LogP contribution in [-0.2, 0) is 12.7 Å². The topological polar surface area (TPSA) is 80.0 Å². The maximum Gasteiger partial charge on any atom is 0.416 e. The number of amides is 1. The van der Waals surface area contributed by atoms with Crippen LogP contribution in [0.2, 0.25) is 0 Å². The van der Waals surface area contributed by atoms with E-state index in [2.05, 4.69) is 15.6 Å². The molecule has 1 aromatic heterocycles. The van der Waals surface area contributed by atoms with Gasteiger partial charge in [-0.1, -0.05) is 35.0 Å². The molecule has 9 heteroatoms. The van der Waals surface area contributed by atoms with E-state index in [-0.39, 0.29) is 17.9 Å². The molecule has 0 spiro atoms. The molecule has 3 aromatic rings. The van der Waals surface area contributed by atoms with Crippen molar-refractivity contribution in [3.8, 4) is 0 Å². The van der Waals surface area contributed by atoms with Gasteiger partial charge in [0.25, 0.3) is 5.91 Å². The van der Waals surface area contributed by atoms with E-state index in [0.29, 0.717) is 5.56 Å². The number of alkyl halides is 3. The fourth-order valence-electron chi connectivity index (χ4n) is 2.50. The molecule has 0 saturated heterocycles. The monoisotopic (exact) mass is 390 g/mol. The van der Waals surface area contributed by atoms with Gasteiger partial charge in [0.1, 0.15) is 0 Å². The number of aryl methyl sites for hydroxylation is 1. The minimum atomic E-state index is -4.44. The number of carbonyl (C=O) groups excluding carboxylic acids is 1. The van der Waals surface area contributed by atoms with Crippen molar-refractivity contribution in [3.05, 3.63) is 77.1 Å². The van der Waals surface area contributed by atoms with E-state index in [0.717, 1.165) is 29.8 Å². The summed E-state index contributed by atoms with van der Waals surface area (Å²) in [5.74, 6) is -0.615. The van der Waals surface area contributed by atoms with E-state index >= 15 is 0 Å². The van der Waals surface area contributed by atoms with Gasteiger partial charge < -0.3 is 10.4 Å². The smallest absolute Gasteiger partial charge is 0.386 e. The predicted octanol–water partition coefficient (Wildman–Crippen LogP) is 3.59. The van der Waals surface area contributed by atoms with Crippen LogP contribution in [0.5, 0.6) is 0 Å². The van der Waals surface area contributed by atoms with Gasteiger partial charge in [-0.2, -0.15) is 13.2 Å². The summed E-state index contributed by atoms with van der Waals surface area (Å²) < 4.78 is 39.0. The van der Waals surface area contributed by atoms with E-state index in [1.54, 1.807) is 12.1 Å². The molecule has 2 aromatic carbocycles. The molecule has 0 bridgehead atoms. The summed E-state index contributed by atoms with van der Waals surface area (Å²) in [7, 11) is 0. The Hall–Kier alpha value is -3.20. The van der Waals surface area contributed by atoms with Crippen LogP contribution in [0.4, 0.5) is 18.9 Å². The first-order valence-electron chi connectivity index (χ1n) is 8.36. The number of aromatic nitrogens is 3. The minimum Gasteiger partial charge on any atom is -0.386 e. The van der Waals surface area contributed by atoms with Gasteiger partial charge in [0.05, 0.1) is 24.4 Å². The van der Waals surface area contributed by atoms with Crippen molar-refractivity contribution in [1.82, 2.24) is 15.0 Å². The van der Waals surface area contributed by atoms with Crippen LogP contribution in [-0.4, -0.2) is 26.0 Å². The Bertz CT molecular complexity index is 951. The van der Waals surface area contributed by atoms with Crippen LogP contribution >= 0.6 is 0 Å². The number of aliphatic hydroxyl groups is 1. The number of benzene rings is 2. The van der Waals surface area contributed by atoms with Crippen LogP contribution in [0.25, 0.3) is 0 Å². The maximum absolute atomic E-state index is 12.6. The van der Waals surface area contributed by atoms with Crippen molar-refractivity contribution in [2.75, 3.05) is 5.32 Å². The first-order valence-corrected chi connectivity index (χ1v) is 8.36. The third-order valence-electron chi connectivity index (χ3n) is 4.06. The lowest BCUT2D eigenvalue weighted by atomic mass is 10.1. The first-order chi connectivity index (χ1) is 13.2. The lowest BCUT2D eigenvalue weighted by Crippen LogP contribution is -2.13. The lowest BCUT2D eigenvalue weighted by Gasteiger charge is -2.10. The summed E-state index contributed by atoms with van der Waals surface area (Å²) in [6, 6.07) is 11.4. The highest BCUT2D eigenvalue weighted by Gasteiger charge is 2.30. The summed E-state index contributed by atoms with van der Waals surface area (Å²) in [5.41, 5.74) is 1.15. The first kappa shape index (κ1) is 19.6. The fraction of sp³-hybridized carbons (Fsp3) is 0.211. The standard InChI is InChI=1S/C19H17F3N4O2/c1-12-2-4-13(5-3-12)17(27)11-26-10-16(24-25-26)18(28)23-15-8-6-14(7-9-15)19(20,21)22/h2-10,17,27H,11H2,1H3,(H,23,28)/t17-/m0/s1. The van der Waals surface area contributed by atoms with Crippen LogP contribution in [0, 0.1) is 6.92 Å². The quantitative estimate of drug-likeness (QED) is 0.698.